The fraction of sp³-hybridized carbons (Fsp3) is 0.421. The van der Waals surface area contributed by atoms with Crippen LogP contribution in [0.2, 0.25) is 0 Å². The lowest BCUT2D eigenvalue weighted by molar-refractivity contribution is -0.173. The second kappa shape index (κ2) is 14.0. The Kier molecular flexibility index (Phi) is 11.2. The Morgan fingerprint density at radius 3 is 2.33 bits per heavy atom. The van der Waals surface area contributed by atoms with E-state index in [9.17, 15) is 51.4 Å². The number of ether oxygens (including phenoxy) is 1. The summed E-state index contributed by atoms with van der Waals surface area (Å²) < 4.78 is 102. The Morgan fingerprint density at radius 2 is 1.69 bits per heavy atom. The van der Waals surface area contributed by atoms with Gasteiger partial charge >= 0.3 is 35.6 Å². The van der Waals surface area contributed by atoms with E-state index in [-0.39, 0.29) is 23.4 Å². The molecular formula is C19H23F3IN6O13P3. The summed E-state index contributed by atoms with van der Waals surface area (Å²) in [4.78, 5) is 48.3. The van der Waals surface area contributed by atoms with Crippen molar-refractivity contribution in [2.45, 2.75) is 44.2 Å². The van der Waals surface area contributed by atoms with Crippen LogP contribution in [0, 0.1) is 0 Å². The Morgan fingerprint density at radius 1 is 1.07 bits per heavy atom. The number of hydrogen-bond donors (Lipinski definition) is 6. The van der Waals surface area contributed by atoms with Crippen molar-refractivity contribution >= 4 is 68.0 Å². The fourth-order valence-corrected chi connectivity index (χ4v) is 9.21. The van der Waals surface area contributed by atoms with Gasteiger partial charge < -0.3 is 35.6 Å². The van der Waals surface area contributed by atoms with Crippen molar-refractivity contribution in [2.75, 3.05) is 15.5 Å². The monoisotopic (exact) mass is 820 g/mol. The molecule has 0 bridgehead atoms. The van der Waals surface area contributed by atoms with Crippen molar-refractivity contribution in [2.24, 2.45) is 3.15 Å². The average Bonchev–Trinajstić information content (AvgIpc) is 3.52. The molecule has 3 heterocycles. The predicted octanol–water partition coefficient (Wildman–Crippen LogP) is 2.80. The number of anilines is 2. The molecule has 45 heavy (non-hydrogen) atoms. The number of benzene rings is 1. The van der Waals surface area contributed by atoms with Gasteiger partial charge in [0.05, 0.1) is 19.3 Å². The molecule has 2 aliphatic rings. The third kappa shape index (κ3) is 10.0. The van der Waals surface area contributed by atoms with Crippen molar-refractivity contribution in [1.82, 2.24) is 15.3 Å². The number of fused-ring (bicyclic) bond motifs is 1. The van der Waals surface area contributed by atoms with Gasteiger partial charge in [0.25, 0.3) is 0 Å². The first kappa shape index (κ1) is 35.9. The number of nitrogens with one attached hydrogen (secondary N) is 1. The van der Waals surface area contributed by atoms with Crippen LogP contribution in [0.1, 0.15) is 17.5 Å². The molecule has 0 spiro atoms. The lowest BCUT2D eigenvalue weighted by Crippen LogP contribution is -2.36. The van der Waals surface area contributed by atoms with Crippen molar-refractivity contribution in [3.8, 4) is 0 Å². The van der Waals surface area contributed by atoms with Crippen LogP contribution in [0.25, 0.3) is 0 Å². The number of phosphoric acid groups is 3. The molecule has 0 aliphatic carbocycles. The van der Waals surface area contributed by atoms with E-state index in [1.165, 1.54) is 30.6 Å². The van der Waals surface area contributed by atoms with Gasteiger partial charge in [0, 0.05) is 13.0 Å². The van der Waals surface area contributed by atoms with E-state index in [1.54, 1.807) is 8.43 Å². The molecule has 1 aromatic heterocycles. The zero-order valence-corrected chi connectivity index (χ0v) is 27.0. The van der Waals surface area contributed by atoms with Gasteiger partial charge in [-0.1, -0.05) is 24.3 Å². The first-order valence-corrected chi connectivity index (χ1v) is 18.5. The van der Waals surface area contributed by atoms with Gasteiger partial charge in [0.2, 0.25) is 0 Å². The third-order valence-corrected chi connectivity index (χ3v) is 12.1. The number of carbonyl (C=O) groups is 1. The number of rotatable bonds is 13. The molecular weight excluding hydrogens is 797 g/mol. The normalized spacial score (nSPS) is 23.8. The smallest absolute Gasteiger partial charge is 0.390 e. The number of nitrogens with two attached hydrogens (primary N) is 1. The van der Waals surface area contributed by atoms with Crippen LogP contribution in [-0.2, 0) is 54.0 Å². The second-order valence-corrected chi connectivity index (χ2v) is 15.6. The highest BCUT2D eigenvalue weighted by Crippen LogP contribution is 2.68. The zero-order valence-electron chi connectivity index (χ0n) is 22.1. The van der Waals surface area contributed by atoms with E-state index in [1.807, 2.05) is 0 Å². The standard InChI is InChI=1S/C19H23F3IN6O13P3/c20-19(21,22)18(31)25-6-10-1-3-11(4-2-10)7-38-43(32,33)41-45(36,37)42-44(34,35)39-8-13-12(30)5-14(40-13)29-17-15(28-23-29)16(24)26-9-27-17/h1-4,9,12-14,30H,5-8H2,(H,25,31)(H,32,33)(H,34,35)(H,36,37)(H2,24,26,27). The van der Waals surface area contributed by atoms with Crippen LogP contribution < -0.4 is 14.2 Å². The molecule has 6 atom stereocenters. The van der Waals surface area contributed by atoms with Gasteiger partial charge in [-0.05, 0) is 11.1 Å². The highest BCUT2D eigenvalue weighted by atomic mass is 127. The number of nitrogens with zero attached hydrogens (tertiary/aromatic N) is 4. The summed E-state index contributed by atoms with van der Waals surface area (Å²) in [6.45, 7) is -2.03. The Hall–Kier alpha value is -1.98. The Balaban J connectivity index is 1.24. The molecule has 2 aliphatic heterocycles. The lowest BCUT2D eigenvalue weighted by atomic mass is 10.1. The van der Waals surface area contributed by atoms with Crippen molar-refractivity contribution in [3.05, 3.63) is 41.7 Å². The molecule has 1 aromatic carbocycles. The molecule has 19 nitrogen and oxygen atoms in total. The largest absolute Gasteiger partial charge is 0.490 e. The summed E-state index contributed by atoms with van der Waals surface area (Å²) in [6, 6.07) is 5.00. The Bertz CT molecular complexity index is 1590. The third-order valence-electron chi connectivity index (χ3n) is 5.64. The van der Waals surface area contributed by atoms with Gasteiger partial charge in [-0.2, -0.15) is 24.9 Å². The quantitative estimate of drug-likeness (QED) is 0.0963. The summed E-state index contributed by atoms with van der Waals surface area (Å²) in [6.07, 6.45) is -7.05. The van der Waals surface area contributed by atoms with Crippen LogP contribution in [0.15, 0.2) is 33.7 Å². The van der Waals surface area contributed by atoms with E-state index < -0.39 is 95.1 Å². The van der Waals surface area contributed by atoms with E-state index >= 15 is 0 Å². The average molecular weight is 820 g/mol. The fourth-order valence-electron chi connectivity index (χ4n) is 3.60. The SMILES string of the molecule is Nc1ncnc2c1N=IN2C1CC(O)C(COP(=O)(O)OP(=O)(O)OP(=O)(O)OCc2ccc(CNC(=O)C(F)(F)F)cc2)O1. The molecule has 26 heteroatoms. The number of alkyl halides is 3. The second-order valence-electron chi connectivity index (χ2n) is 8.97. The molecule has 0 saturated carbocycles. The number of nitrogen functional groups attached to an aromatic ring is 1. The number of phosphoric ester groups is 2. The molecule has 6 unspecified atom stereocenters. The van der Waals surface area contributed by atoms with Gasteiger partial charge in [-0.3, -0.25) is 17.0 Å². The molecule has 1 fully saturated rings. The van der Waals surface area contributed by atoms with E-state index in [0.29, 0.717) is 11.5 Å². The molecule has 4 rings (SSSR count). The van der Waals surface area contributed by atoms with Crippen molar-refractivity contribution < 1.29 is 73.9 Å². The summed E-state index contributed by atoms with van der Waals surface area (Å²) in [5.41, 5.74) is 6.52. The molecule has 2 aromatic rings. The van der Waals surface area contributed by atoms with Crippen LogP contribution in [0.5, 0.6) is 0 Å². The maximum absolute atomic E-state index is 12.3. The van der Waals surface area contributed by atoms with E-state index in [0.717, 1.165) is 0 Å². The highest BCUT2D eigenvalue weighted by Gasteiger charge is 2.45. The highest BCUT2D eigenvalue weighted by molar-refractivity contribution is 14.2. The van der Waals surface area contributed by atoms with Gasteiger partial charge in [-0.25, -0.2) is 23.7 Å². The van der Waals surface area contributed by atoms with Crippen molar-refractivity contribution in [1.29, 1.82) is 0 Å². The number of aliphatic hydroxyl groups excluding tert-OH is 1. The van der Waals surface area contributed by atoms with E-state index in [2.05, 4.69) is 30.8 Å². The van der Waals surface area contributed by atoms with Crippen LogP contribution >= 0.6 is 44.8 Å². The summed E-state index contributed by atoms with van der Waals surface area (Å²) >= 11 is -1.04. The van der Waals surface area contributed by atoms with Crippen LogP contribution in [0.4, 0.5) is 30.5 Å². The van der Waals surface area contributed by atoms with Crippen LogP contribution in [0.3, 0.4) is 0 Å². The number of aromatic nitrogens is 2. The summed E-state index contributed by atoms with van der Waals surface area (Å²) in [5.74, 6) is -1.62. The summed E-state index contributed by atoms with van der Waals surface area (Å²) in [5, 5.41) is 12.0. The minimum atomic E-state index is -5.80. The Labute approximate surface area is 261 Å². The number of amides is 1. The van der Waals surface area contributed by atoms with E-state index in [4.69, 9.17) is 10.5 Å². The zero-order chi connectivity index (χ0) is 33.2. The number of hydrogen-bond acceptors (Lipinski definition) is 15. The molecule has 1 amide bonds. The molecule has 250 valence electrons. The van der Waals surface area contributed by atoms with Gasteiger partial charge in [0.15, 0.2) is 17.3 Å². The number of halogens is 4. The summed E-state index contributed by atoms with van der Waals surface area (Å²) in [7, 11) is -16.7. The van der Waals surface area contributed by atoms with Gasteiger partial charge in [-0.15, -0.1) is 0 Å². The first-order chi connectivity index (χ1) is 20.8. The van der Waals surface area contributed by atoms with Crippen LogP contribution in [-0.4, -0.2) is 66.9 Å². The minimum Gasteiger partial charge on any atom is -0.390 e. The number of aliphatic hydroxyl groups is 1. The minimum absolute atomic E-state index is 0.00713. The molecule has 7 N–H and O–H groups in total. The molecule has 1 saturated heterocycles. The first-order valence-electron chi connectivity index (χ1n) is 12.1. The number of carbonyl (C=O) groups excluding carboxylic acids is 1. The topological polar surface area (TPSA) is 275 Å². The van der Waals surface area contributed by atoms with Gasteiger partial charge in [0.1, 0.15) is 40.0 Å². The maximum atomic E-state index is 12.3. The predicted molar refractivity (Wildman–Crippen MR) is 151 cm³/mol. The maximum Gasteiger partial charge on any atom is 0.490 e. The molecule has 0 radical (unpaired) electrons. The lowest BCUT2D eigenvalue weighted by Gasteiger charge is -2.22. The van der Waals surface area contributed by atoms with Crippen molar-refractivity contribution in [3.63, 3.8) is 0 Å².